The quantitative estimate of drug-likeness (QED) is 0.774. The number of aromatic nitrogens is 1. The standard InChI is InChI=1S/C15H15NO2/c1-18-13-7-4-11(5-8-13)15(17)14-9-6-12-3-2-10-16(12)14/h4-9H,2-3,10H2,1H3. The molecule has 0 spiro atoms. The molecule has 1 aliphatic heterocycles. The summed E-state index contributed by atoms with van der Waals surface area (Å²) in [6.45, 7) is 0.958. The number of carbonyl (C=O) groups is 1. The van der Waals surface area contributed by atoms with Crippen molar-refractivity contribution in [3.8, 4) is 5.75 Å². The maximum Gasteiger partial charge on any atom is 0.209 e. The molecule has 3 heteroatoms. The third-order valence-corrected chi connectivity index (χ3v) is 3.47. The number of aryl methyl sites for hydroxylation is 1. The van der Waals surface area contributed by atoms with Gasteiger partial charge in [-0.25, -0.2) is 0 Å². The minimum Gasteiger partial charge on any atom is -0.497 e. The molecule has 1 aromatic carbocycles. The van der Waals surface area contributed by atoms with Gasteiger partial charge in [0.1, 0.15) is 5.75 Å². The van der Waals surface area contributed by atoms with Crippen molar-refractivity contribution >= 4 is 5.78 Å². The van der Waals surface area contributed by atoms with Gasteiger partial charge < -0.3 is 9.30 Å². The number of methoxy groups -OCH3 is 1. The summed E-state index contributed by atoms with van der Waals surface area (Å²) in [4.78, 5) is 12.4. The van der Waals surface area contributed by atoms with E-state index in [0.29, 0.717) is 5.56 Å². The Bertz CT molecular complexity index is 581. The molecular weight excluding hydrogens is 226 g/mol. The smallest absolute Gasteiger partial charge is 0.209 e. The second-order valence-corrected chi connectivity index (χ2v) is 4.52. The lowest BCUT2D eigenvalue weighted by molar-refractivity contribution is 0.103. The molecule has 3 nitrogen and oxygen atoms in total. The monoisotopic (exact) mass is 241 g/mol. The van der Waals surface area contributed by atoms with Gasteiger partial charge in [-0.05, 0) is 49.2 Å². The predicted molar refractivity (Wildman–Crippen MR) is 69.2 cm³/mol. The number of rotatable bonds is 3. The highest BCUT2D eigenvalue weighted by molar-refractivity contribution is 6.08. The highest BCUT2D eigenvalue weighted by atomic mass is 16.5. The van der Waals surface area contributed by atoms with Gasteiger partial charge in [0.15, 0.2) is 0 Å². The molecule has 1 aliphatic rings. The van der Waals surface area contributed by atoms with Gasteiger partial charge >= 0.3 is 0 Å². The van der Waals surface area contributed by atoms with Crippen molar-refractivity contribution in [3.63, 3.8) is 0 Å². The van der Waals surface area contributed by atoms with Crippen LogP contribution in [0, 0.1) is 0 Å². The first-order valence-electron chi connectivity index (χ1n) is 6.17. The van der Waals surface area contributed by atoms with E-state index in [-0.39, 0.29) is 5.78 Å². The Hall–Kier alpha value is -2.03. The van der Waals surface area contributed by atoms with Gasteiger partial charge in [-0.3, -0.25) is 4.79 Å². The Morgan fingerprint density at radius 1 is 1.17 bits per heavy atom. The Kier molecular flexibility index (Phi) is 2.67. The first-order valence-corrected chi connectivity index (χ1v) is 6.17. The number of hydrogen-bond donors (Lipinski definition) is 0. The molecule has 0 saturated heterocycles. The fourth-order valence-electron chi connectivity index (χ4n) is 2.50. The van der Waals surface area contributed by atoms with Crippen LogP contribution >= 0.6 is 0 Å². The van der Waals surface area contributed by atoms with Gasteiger partial charge in [0.25, 0.3) is 0 Å². The fraction of sp³-hybridized carbons (Fsp3) is 0.267. The SMILES string of the molecule is COc1ccc(C(=O)c2ccc3n2CCC3)cc1. The summed E-state index contributed by atoms with van der Waals surface area (Å²) in [5.41, 5.74) is 2.78. The molecule has 3 rings (SSSR count). The molecule has 18 heavy (non-hydrogen) atoms. The summed E-state index contributed by atoms with van der Waals surface area (Å²) in [5, 5.41) is 0. The van der Waals surface area contributed by atoms with Crippen LogP contribution in [-0.4, -0.2) is 17.5 Å². The highest BCUT2D eigenvalue weighted by Crippen LogP contribution is 2.22. The van der Waals surface area contributed by atoms with Gasteiger partial charge in [0, 0.05) is 17.8 Å². The maximum absolute atomic E-state index is 12.4. The van der Waals surface area contributed by atoms with Crippen molar-refractivity contribution < 1.29 is 9.53 Å². The molecule has 92 valence electrons. The predicted octanol–water partition coefficient (Wildman–Crippen LogP) is 2.67. The molecule has 2 heterocycles. The van der Waals surface area contributed by atoms with Crippen LogP contribution < -0.4 is 4.74 Å². The summed E-state index contributed by atoms with van der Waals surface area (Å²) in [6.07, 6.45) is 2.22. The number of benzene rings is 1. The third-order valence-electron chi connectivity index (χ3n) is 3.47. The van der Waals surface area contributed by atoms with Crippen LogP contribution in [-0.2, 0) is 13.0 Å². The van der Waals surface area contributed by atoms with Gasteiger partial charge in [-0.2, -0.15) is 0 Å². The lowest BCUT2D eigenvalue weighted by atomic mass is 10.1. The van der Waals surface area contributed by atoms with Crippen molar-refractivity contribution in [1.82, 2.24) is 4.57 Å². The lowest BCUT2D eigenvalue weighted by Gasteiger charge is -2.06. The maximum atomic E-state index is 12.4. The van der Waals surface area contributed by atoms with E-state index in [1.54, 1.807) is 7.11 Å². The molecular formula is C15H15NO2. The van der Waals surface area contributed by atoms with Crippen LogP contribution in [0.4, 0.5) is 0 Å². The second kappa shape index (κ2) is 4.33. The molecule has 0 N–H and O–H groups in total. The third kappa shape index (κ3) is 1.72. The van der Waals surface area contributed by atoms with E-state index in [1.165, 1.54) is 5.69 Å². The molecule has 0 amide bonds. The largest absolute Gasteiger partial charge is 0.497 e. The first-order chi connectivity index (χ1) is 8.79. The number of fused-ring (bicyclic) bond motifs is 1. The number of ether oxygens (including phenoxy) is 1. The number of nitrogens with zero attached hydrogens (tertiary/aromatic N) is 1. The Morgan fingerprint density at radius 2 is 1.94 bits per heavy atom. The minimum absolute atomic E-state index is 0.0887. The minimum atomic E-state index is 0.0887. The van der Waals surface area contributed by atoms with E-state index in [2.05, 4.69) is 10.6 Å². The van der Waals surface area contributed by atoms with Crippen molar-refractivity contribution in [2.45, 2.75) is 19.4 Å². The van der Waals surface area contributed by atoms with Gasteiger partial charge in [-0.1, -0.05) is 0 Å². The summed E-state index contributed by atoms with van der Waals surface area (Å²) in [6, 6.07) is 11.3. The van der Waals surface area contributed by atoms with E-state index in [1.807, 2.05) is 30.3 Å². The normalized spacial score (nSPS) is 13.4. The van der Waals surface area contributed by atoms with Crippen molar-refractivity contribution in [3.05, 3.63) is 53.3 Å². The molecule has 0 saturated carbocycles. The second-order valence-electron chi connectivity index (χ2n) is 4.52. The van der Waals surface area contributed by atoms with E-state index in [4.69, 9.17) is 4.74 Å². The van der Waals surface area contributed by atoms with E-state index >= 15 is 0 Å². The molecule has 0 atom stereocenters. The Morgan fingerprint density at radius 3 is 2.67 bits per heavy atom. The topological polar surface area (TPSA) is 31.2 Å². The summed E-state index contributed by atoms with van der Waals surface area (Å²) >= 11 is 0. The summed E-state index contributed by atoms with van der Waals surface area (Å²) < 4.78 is 7.23. The van der Waals surface area contributed by atoms with Crippen LogP contribution in [0.2, 0.25) is 0 Å². The lowest BCUT2D eigenvalue weighted by Crippen LogP contribution is -2.08. The molecule has 0 unspecified atom stereocenters. The van der Waals surface area contributed by atoms with Crippen LogP contribution in [0.15, 0.2) is 36.4 Å². The van der Waals surface area contributed by atoms with Crippen LogP contribution in [0.25, 0.3) is 0 Å². The summed E-state index contributed by atoms with van der Waals surface area (Å²) in [7, 11) is 1.62. The van der Waals surface area contributed by atoms with Crippen molar-refractivity contribution in [2.24, 2.45) is 0 Å². The molecule has 2 aromatic rings. The molecule has 0 radical (unpaired) electrons. The summed E-state index contributed by atoms with van der Waals surface area (Å²) in [5.74, 6) is 0.859. The highest BCUT2D eigenvalue weighted by Gasteiger charge is 2.19. The van der Waals surface area contributed by atoms with Gasteiger partial charge in [0.2, 0.25) is 5.78 Å². The van der Waals surface area contributed by atoms with Gasteiger partial charge in [0.05, 0.1) is 12.8 Å². The van der Waals surface area contributed by atoms with Crippen molar-refractivity contribution in [2.75, 3.05) is 7.11 Å². The van der Waals surface area contributed by atoms with Crippen LogP contribution in [0.1, 0.15) is 28.2 Å². The fourth-order valence-corrected chi connectivity index (χ4v) is 2.50. The zero-order valence-corrected chi connectivity index (χ0v) is 10.3. The molecule has 0 bridgehead atoms. The number of carbonyl (C=O) groups excluding carboxylic acids is 1. The van der Waals surface area contributed by atoms with Gasteiger partial charge in [-0.15, -0.1) is 0 Å². The average molecular weight is 241 g/mol. The van der Waals surface area contributed by atoms with E-state index in [9.17, 15) is 4.79 Å². The molecule has 1 aromatic heterocycles. The van der Waals surface area contributed by atoms with E-state index < -0.39 is 0 Å². The number of ketones is 1. The molecule has 0 fully saturated rings. The van der Waals surface area contributed by atoms with E-state index in [0.717, 1.165) is 30.8 Å². The first kappa shape index (κ1) is 11.1. The van der Waals surface area contributed by atoms with Crippen molar-refractivity contribution in [1.29, 1.82) is 0 Å². The van der Waals surface area contributed by atoms with Crippen LogP contribution in [0.5, 0.6) is 5.75 Å². The number of hydrogen-bond acceptors (Lipinski definition) is 2. The average Bonchev–Trinajstić information content (AvgIpc) is 3.00. The van der Waals surface area contributed by atoms with Crippen LogP contribution in [0.3, 0.4) is 0 Å². The zero-order valence-electron chi connectivity index (χ0n) is 10.3. The Balaban J connectivity index is 1.93. The molecule has 0 aliphatic carbocycles. The zero-order chi connectivity index (χ0) is 12.5. The Labute approximate surface area is 106 Å².